The van der Waals surface area contributed by atoms with Gasteiger partial charge in [0.05, 0.1) is 12.2 Å². The van der Waals surface area contributed by atoms with Crippen molar-refractivity contribution >= 4 is 11.4 Å². The second kappa shape index (κ2) is 7.38. The normalized spacial score (nSPS) is 16.1. The van der Waals surface area contributed by atoms with E-state index in [4.69, 9.17) is 0 Å². The van der Waals surface area contributed by atoms with Gasteiger partial charge in [-0.15, -0.1) is 0 Å². The summed E-state index contributed by atoms with van der Waals surface area (Å²) in [5.41, 5.74) is 3.55. The zero-order chi connectivity index (χ0) is 21.4. The summed E-state index contributed by atoms with van der Waals surface area (Å²) >= 11 is 0. The van der Waals surface area contributed by atoms with Crippen molar-refractivity contribution < 1.29 is 27.8 Å². The van der Waals surface area contributed by atoms with Gasteiger partial charge in [0.25, 0.3) is 0 Å². The van der Waals surface area contributed by atoms with Gasteiger partial charge in [-0.2, -0.15) is 13.2 Å². The number of benzene rings is 2. The Labute approximate surface area is 165 Å². The number of alkyl halides is 3. The van der Waals surface area contributed by atoms with Crippen LogP contribution >= 0.6 is 0 Å². The second-order valence-corrected chi connectivity index (χ2v) is 7.92. The summed E-state index contributed by atoms with van der Waals surface area (Å²) < 4.78 is 54.8. The molecule has 3 rings (SSSR count). The van der Waals surface area contributed by atoms with E-state index in [1.807, 2.05) is 0 Å². The van der Waals surface area contributed by atoms with Gasteiger partial charge >= 0.3 is 6.18 Å². The van der Waals surface area contributed by atoms with E-state index in [0.29, 0.717) is 12.2 Å². The van der Waals surface area contributed by atoms with Crippen LogP contribution in [0.2, 0.25) is 0 Å². The highest BCUT2D eigenvalue weighted by atomic mass is 19.4. The van der Waals surface area contributed by atoms with E-state index < -0.39 is 41.7 Å². The molecule has 1 aliphatic rings. The molecule has 1 heterocycles. The number of hydrogen-bond acceptors (Lipinski definition) is 5. The van der Waals surface area contributed by atoms with Gasteiger partial charge in [0.2, 0.25) is 0 Å². The second-order valence-electron chi connectivity index (χ2n) is 7.92. The van der Waals surface area contributed by atoms with E-state index in [0.717, 1.165) is 23.4 Å². The van der Waals surface area contributed by atoms with Crippen molar-refractivity contribution in [2.45, 2.75) is 44.0 Å². The number of hydrogen-bond donors (Lipinski definition) is 5. The molecule has 1 aliphatic heterocycles. The summed E-state index contributed by atoms with van der Waals surface area (Å²) in [6.45, 7) is 2.58. The summed E-state index contributed by atoms with van der Waals surface area (Å²) in [6, 6.07) is 8.26. The third-order valence-corrected chi connectivity index (χ3v) is 5.19. The van der Waals surface area contributed by atoms with E-state index in [1.165, 1.54) is 19.9 Å². The average Bonchev–Trinajstić information content (AvgIpc) is 3.07. The Morgan fingerprint density at radius 1 is 1.14 bits per heavy atom. The highest BCUT2D eigenvalue weighted by Crippen LogP contribution is 2.43. The first-order valence-electron chi connectivity index (χ1n) is 9.06. The van der Waals surface area contributed by atoms with Gasteiger partial charge < -0.3 is 21.0 Å². The summed E-state index contributed by atoms with van der Waals surface area (Å²) in [7, 11) is 0. The Balaban J connectivity index is 1.86. The van der Waals surface area contributed by atoms with Crippen LogP contribution in [0.25, 0.3) is 0 Å². The Bertz CT molecular complexity index is 902. The van der Waals surface area contributed by atoms with Gasteiger partial charge in [-0.25, -0.2) is 9.82 Å². The van der Waals surface area contributed by atoms with Crippen molar-refractivity contribution in [1.29, 1.82) is 0 Å². The van der Waals surface area contributed by atoms with Crippen LogP contribution in [0.1, 0.15) is 31.4 Å². The summed E-state index contributed by atoms with van der Waals surface area (Å²) in [5.74, 6) is -1.15. The predicted molar refractivity (Wildman–Crippen MR) is 102 cm³/mol. The van der Waals surface area contributed by atoms with Crippen LogP contribution in [-0.4, -0.2) is 28.5 Å². The monoisotopic (exact) mass is 413 g/mol. The lowest BCUT2D eigenvalue weighted by molar-refractivity contribution is -0.260. The molecule has 0 amide bonds. The summed E-state index contributed by atoms with van der Waals surface area (Å²) in [6.07, 6.45) is -5.66. The lowest BCUT2D eigenvalue weighted by Crippen LogP contribution is -2.53. The number of aromatic hydroxyl groups is 1. The fraction of sp³-hybridized carbons (Fsp3) is 0.400. The predicted octanol–water partition coefficient (Wildman–Crippen LogP) is 4.03. The lowest BCUT2D eigenvalue weighted by Gasteiger charge is -2.38. The molecule has 0 saturated carbocycles. The first kappa shape index (κ1) is 21.2. The molecule has 9 heteroatoms. The Kier molecular flexibility index (Phi) is 5.40. The van der Waals surface area contributed by atoms with Crippen molar-refractivity contribution in [3.8, 4) is 5.75 Å². The van der Waals surface area contributed by atoms with Crippen LogP contribution in [0.4, 0.5) is 28.9 Å². The molecule has 0 spiro atoms. The molecule has 0 fully saturated rings. The van der Waals surface area contributed by atoms with Crippen LogP contribution in [0.3, 0.4) is 0 Å². The van der Waals surface area contributed by atoms with Crippen LogP contribution in [0, 0.1) is 5.82 Å². The topological polar surface area (TPSA) is 76.5 Å². The molecule has 2 aromatic carbocycles. The maximum atomic E-state index is 13.9. The SMILES string of the molecule is CC(C)(CC(O)(CNc1cccc2c1CNN2)C(F)(F)F)c1ccc(F)cc1O. The van der Waals surface area contributed by atoms with E-state index >= 15 is 0 Å². The van der Waals surface area contributed by atoms with Crippen molar-refractivity contribution in [1.82, 2.24) is 5.43 Å². The molecule has 29 heavy (non-hydrogen) atoms. The van der Waals surface area contributed by atoms with Crippen LogP contribution in [-0.2, 0) is 12.0 Å². The number of anilines is 2. The first-order chi connectivity index (χ1) is 13.4. The molecular weight excluding hydrogens is 390 g/mol. The Morgan fingerprint density at radius 3 is 2.52 bits per heavy atom. The van der Waals surface area contributed by atoms with Gasteiger partial charge in [0.15, 0.2) is 5.60 Å². The van der Waals surface area contributed by atoms with Gasteiger partial charge in [0.1, 0.15) is 11.6 Å². The number of phenolic OH excluding ortho intramolecular Hbond substituents is 1. The van der Waals surface area contributed by atoms with E-state index in [9.17, 15) is 27.8 Å². The zero-order valence-corrected chi connectivity index (χ0v) is 16.0. The minimum absolute atomic E-state index is 0.121. The number of phenols is 1. The lowest BCUT2D eigenvalue weighted by atomic mass is 9.74. The molecular formula is C20H23F4N3O2. The zero-order valence-electron chi connectivity index (χ0n) is 16.0. The molecule has 0 bridgehead atoms. The quantitative estimate of drug-likeness (QED) is 0.462. The molecule has 0 saturated heterocycles. The number of fused-ring (bicyclic) bond motifs is 1. The van der Waals surface area contributed by atoms with Crippen molar-refractivity contribution in [2.75, 3.05) is 17.3 Å². The first-order valence-corrected chi connectivity index (χ1v) is 9.06. The Morgan fingerprint density at radius 2 is 1.86 bits per heavy atom. The van der Waals surface area contributed by atoms with Crippen molar-refractivity contribution in [3.63, 3.8) is 0 Å². The molecule has 1 unspecified atom stereocenters. The molecule has 158 valence electrons. The highest BCUT2D eigenvalue weighted by Gasteiger charge is 2.56. The molecule has 2 aromatic rings. The molecule has 1 atom stereocenters. The van der Waals surface area contributed by atoms with Gasteiger partial charge in [-0.05, 0) is 35.6 Å². The van der Waals surface area contributed by atoms with Crippen LogP contribution < -0.4 is 16.2 Å². The molecule has 5 nitrogen and oxygen atoms in total. The minimum Gasteiger partial charge on any atom is -0.508 e. The number of halogens is 4. The summed E-state index contributed by atoms with van der Waals surface area (Å²) in [4.78, 5) is 0. The molecule has 5 N–H and O–H groups in total. The fourth-order valence-electron chi connectivity index (χ4n) is 3.70. The molecule has 0 radical (unpaired) electrons. The third-order valence-electron chi connectivity index (χ3n) is 5.19. The molecule has 0 aliphatic carbocycles. The van der Waals surface area contributed by atoms with Crippen molar-refractivity contribution in [3.05, 3.63) is 53.3 Å². The number of hydrazine groups is 1. The largest absolute Gasteiger partial charge is 0.508 e. The smallest absolute Gasteiger partial charge is 0.418 e. The average molecular weight is 413 g/mol. The molecule has 0 aromatic heterocycles. The van der Waals surface area contributed by atoms with E-state index in [2.05, 4.69) is 16.2 Å². The van der Waals surface area contributed by atoms with Crippen LogP contribution in [0.5, 0.6) is 5.75 Å². The highest BCUT2D eigenvalue weighted by molar-refractivity contribution is 5.67. The van der Waals surface area contributed by atoms with Crippen molar-refractivity contribution in [2.24, 2.45) is 0 Å². The fourth-order valence-corrected chi connectivity index (χ4v) is 3.70. The maximum absolute atomic E-state index is 13.9. The standard InChI is InChI=1S/C20H23F4N3O2/c1-18(2,14-7-6-12(21)8-17(14)28)10-19(29,20(22,23)24)11-25-15-4-3-5-16-13(15)9-26-27-16/h3-8,25-29H,9-11H2,1-2H3. The summed E-state index contributed by atoms with van der Waals surface area (Å²) in [5, 5.41) is 23.4. The van der Waals surface area contributed by atoms with Gasteiger partial charge in [0, 0.05) is 23.9 Å². The van der Waals surface area contributed by atoms with Gasteiger partial charge in [-0.1, -0.05) is 26.0 Å². The third kappa shape index (κ3) is 4.25. The van der Waals surface area contributed by atoms with Gasteiger partial charge in [-0.3, -0.25) is 0 Å². The van der Waals surface area contributed by atoms with Crippen LogP contribution in [0.15, 0.2) is 36.4 Å². The number of nitrogens with one attached hydrogen (secondary N) is 3. The maximum Gasteiger partial charge on any atom is 0.418 e. The minimum atomic E-state index is -4.93. The Hall–Kier alpha value is -2.52. The van der Waals surface area contributed by atoms with E-state index in [-0.39, 0.29) is 5.56 Å². The number of aliphatic hydroxyl groups is 1. The number of rotatable bonds is 6. The van der Waals surface area contributed by atoms with E-state index in [1.54, 1.807) is 18.2 Å².